The maximum absolute atomic E-state index is 11.0. The van der Waals surface area contributed by atoms with E-state index in [1.807, 2.05) is 24.3 Å². The molecule has 2 nitrogen and oxygen atoms in total. The second kappa shape index (κ2) is 5.74. The van der Waals surface area contributed by atoms with Crippen molar-refractivity contribution in [3.05, 3.63) is 64.7 Å². The highest BCUT2D eigenvalue weighted by molar-refractivity contribution is 6.30. The van der Waals surface area contributed by atoms with Crippen molar-refractivity contribution < 1.29 is 9.90 Å². The van der Waals surface area contributed by atoms with Crippen LogP contribution in [0, 0.1) is 0 Å². The molecule has 0 saturated carbocycles. The van der Waals surface area contributed by atoms with E-state index in [1.165, 1.54) is 11.6 Å². The number of aliphatic carboxylic acids is 1. The van der Waals surface area contributed by atoms with Gasteiger partial charge in [0.25, 0.3) is 0 Å². The Labute approximate surface area is 128 Å². The highest BCUT2D eigenvalue weighted by Crippen LogP contribution is 2.34. The van der Waals surface area contributed by atoms with Crippen LogP contribution in [0.3, 0.4) is 0 Å². The van der Waals surface area contributed by atoms with Crippen LogP contribution in [0.4, 0.5) is 0 Å². The average Bonchev–Trinajstić information content (AvgIpc) is 2.47. The van der Waals surface area contributed by atoms with E-state index < -0.39 is 5.97 Å². The topological polar surface area (TPSA) is 37.3 Å². The summed E-state index contributed by atoms with van der Waals surface area (Å²) in [6.07, 6.45) is 4.17. The molecule has 3 rings (SSSR count). The van der Waals surface area contributed by atoms with Crippen LogP contribution in [0.15, 0.2) is 48.5 Å². The molecule has 1 N–H and O–H groups in total. The molecule has 2 aromatic rings. The second-order valence-corrected chi connectivity index (χ2v) is 5.68. The number of allylic oxidation sites excluding steroid dienone is 1. The largest absolute Gasteiger partial charge is 0.478 e. The van der Waals surface area contributed by atoms with Gasteiger partial charge in [-0.05, 0) is 65.3 Å². The lowest BCUT2D eigenvalue weighted by Crippen LogP contribution is -2.04. The van der Waals surface area contributed by atoms with Crippen LogP contribution in [0.2, 0.25) is 5.02 Å². The summed E-state index contributed by atoms with van der Waals surface area (Å²) < 4.78 is 0. The Balaban J connectivity index is 2.07. The monoisotopic (exact) mass is 298 g/mol. The minimum Gasteiger partial charge on any atom is -0.478 e. The van der Waals surface area contributed by atoms with Crippen LogP contribution in [0.25, 0.3) is 16.7 Å². The molecule has 0 amide bonds. The van der Waals surface area contributed by atoms with E-state index in [0.29, 0.717) is 5.02 Å². The van der Waals surface area contributed by atoms with Gasteiger partial charge in [-0.3, -0.25) is 0 Å². The van der Waals surface area contributed by atoms with Crippen molar-refractivity contribution in [3.63, 3.8) is 0 Å². The molecule has 0 spiro atoms. The Bertz CT molecular complexity index is 714. The van der Waals surface area contributed by atoms with Crippen LogP contribution < -0.4 is 0 Å². The van der Waals surface area contributed by atoms with Crippen LogP contribution >= 0.6 is 11.6 Å². The lowest BCUT2D eigenvalue weighted by molar-refractivity contribution is -0.131. The fourth-order valence-electron chi connectivity index (χ4n) is 2.82. The summed E-state index contributed by atoms with van der Waals surface area (Å²) in [4.78, 5) is 11.0. The maximum atomic E-state index is 11.0. The number of carbonyl (C=O) groups is 1. The first-order chi connectivity index (χ1) is 10.1. The number of benzene rings is 2. The Kier molecular flexibility index (Phi) is 3.80. The van der Waals surface area contributed by atoms with Crippen LogP contribution in [-0.4, -0.2) is 11.1 Å². The normalized spacial score (nSPS) is 15.8. The summed E-state index contributed by atoms with van der Waals surface area (Å²) in [6, 6.07) is 14.0. The zero-order chi connectivity index (χ0) is 14.8. The molecule has 0 atom stereocenters. The van der Waals surface area contributed by atoms with Gasteiger partial charge < -0.3 is 5.11 Å². The van der Waals surface area contributed by atoms with Crippen LogP contribution in [-0.2, 0) is 11.2 Å². The van der Waals surface area contributed by atoms with Crippen molar-refractivity contribution in [2.24, 2.45) is 0 Å². The van der Waals surface area contributed by atoms with Crippen LogP contribution in [0.1, 0.15) is 24.0 Å². The van der Waals surface area contributed by atoms with Gasteiger partial charge in [0.05, 0.1) is 0 Å². The van der Waals surface area contributed by atoms with E-state index >= 15 is 0 Å². The fourth-order valence-corrected chi connectivity index (χ4v) is 2.94. The van der Waals surface area contributed by atoms with E-state index in [-0.39, 0.29) is 0 Å². The smallest absolute Gasteiger partial charge is 0.328 e. The lowest BCUT2D eigenvalue weighted by Gasteiger charge is -2.19. The quantitative estimate of drug-likeness (QED) is 0.808. The minimum atomic E-state index is -0.880. The van der Waals surface area contributed by atoms with Gasteiger partial charge in [-0.2, -0.15) is 0 Å². The average molecular weight is 299 g/mol. The third-order valence-corrected chi connectivity index (χ3v) is 4.08. The number of hydrogen-bond donors (Lipinski definition) is 1. The SMILES string of the molecule is O=C(O)/C=C1\CCCc2ccc(-c3ccc(Cl)cc3)cc21. The summed E-state index contributed by atoms with van der Waals surface area (Å²) in [5, 5.41) is 9.73. The van der Waals surface area contributed by atoms with Gasteiger partial charge in [0.1, 0.15) is 0 Å². The van der Waals surface area contributed by atoms with Crippen LogP contribution in [0.5, 0.6) is 0 Å². The molecule has 1 aliphatic rings. The molecule has 0 heterocycles. The molecule has 21 heavy (non-hydrogen) atoms. The molecular weight excluding hydrogens is 284 g/mol. The molecule has 0 aliphatic heterocycles. The second-order valence-electron chi connectivity index (χ2n) is 5.24. The first kappa shape index (κ1) is 13.9. The molecule has 0 saturated heterocycles. The van der Waals surface area contributed by atoms with E-state index in [2.05, 4.69) is 18.2 Å². The number of fused-ring (bicyclic) bond motifs is 1. The Morgan fingerprint density at radius 3 is 2.48 bits per heavy atom. The van der Waals surface area contributed by atoms with E-state index in [4.69, 9.17) is 16.7 Å². The molecule has 2 aromatic carbocycles. The van der Waals surface area contributed by atoms with E-state index in [1.54, 1.807) is 0 Å². The Hall–Kier alpha value is -2.06. The van der Waals surface area contributed by atoms with Gasteiger partial charge in [0.15, 0.2) is 0 Å². The van der Waals surface area contributed by atoms with Gasteiger partial charge in [-0.1, -0.05) is 35.9 Å². The minimum absolute atomic E-state index is 0.711. The fraction of sp³-hybridized carbons (Fsp3) is 0.167. The Morgan fingerprint density at radius 2 is 1.76 bits per heavy atom. The highest BCUT2D eigenvalue weighted by Gasteiger charge is 2.16. The predicted molar refractivity (Wildman–Crippen MR) is 85.4 cm³/mol. The van der Waals surface area contributed by atoms with Crippen molar-refractivity contribution in [1.29, 1.82) is 0 Å². The zero-order valence-electron chi connectivity index (χ0n) is 11.5. The number of aryl methyl sites for hydroxylation is 1. The van der Waals surface area contributed by atoms with Crippen molar-refractivity contribution in [1.82, 2.24) is 0 Å². The third kappa shape index (κ3) is 3.01. The number of carboxylic acids is 1. The highest BCUT2D eigenvalue weighted by atomic mass is 35.5. The summed E-state index contributed by atoms with van der Waals surface area (Å²) in [7, 11) is 0. The maximum Gasteiger partial charge on any atom is 0.328 e. The summed E-state index contributed by atoms with van der Waals surface area (Å²) in [5.74, 6) is -0.880. The van der Waals surface area contributed by atoms with Crippen molar-refractivity contribution >= 4 is 23.1 Å². The number of halogens is 1. The molecule has 0 unspecified atom stereocenters. The number of rotatable bonds is 2. The molecule has 3 heteroatoms. The zero-order valence-corrected chi connectivity index (χ0v) is 12.2. The summed E-state index contributed by atoms with van der Waals surface area (Å²) >= 11 is 5.92. The third-order valence-electron chi connectivity index (χ3n) is 3.82. The van der Waals surface area contributed by atoms with Gasteiger partial charge in [0, 0.05) is 11.1 Å². The first-order valence-electron chi connectivity index (χ1n) is 6.96. The van der Waals surface area contributed by atoms with Gasteiger partial charge >= 0.3 is 5.97 Å². The van der Waals surface area contributed by atoms with Crippen molar-refractivity contribution in [2.45, 2.75) is 19.3 Å². The van der Waals surface area contributed by atoms with Crippen molar-refractivity contribution in [3.8, 4) is 11.1 Å². The van der Waals surface area contributed by atoms with Gasteiger partial charge in [-0.25, -0.2) is 4.79 Å². The summed E-state index contributed by atoms with van der Waals surface area (Å²) in [6.45, 7) is 0. The summed E-state index contributed by atoms with van der Waals surface area (Å²) in [5.41, 5.74) is 5.38. The molecule has 106 valence electrons. The number of hydrogen-bond acceptors (Lipinski definition) is 1. The molecule has 0 fully saturated rings. The standard InChI is InChI=1S/C18H15ClO2/c19-16-8-6-12(7-9-16)14-5-4-13-2-1-3-15(11-18(20)21)17(13)10-14/h4-11H,1-3H2,(H,20,21)/b15-11+. The van der Waals surface area contributed by atoms with Crippen molar-refractivity contribution in [2.75, 3.05) is 0 Å². The van der Waals surface area contributed by atoms with E-state index in [9.17, 15) is 4.79 Å². The first-order valence-corrected chi connectivity index (χ1v) is 7.34. The Morgan fingerprint density at radius 1 is 1.05 bits per heavy atom. The predicted octanol–water partition coefficient (Wildman–Crippen LogP) is 4.81. The lowest BCUT2D eigenvalue weighted by atomic mass is 9.85. The van der Waals surface area contributed by atoms with Gasteiger partial charge in [0.2, 0.25) is 0 Å². The molecule has 0 aromatic heterocycles. The van der Waals surface area contributed by atoms with Gasteiger partial charge in [-0.15, -0.1) is 0 Å². The van der Waals surface area contributed by atoms with E-state index in [0.717, 1.165) is 41.5 Å². The molecule has 0 bridgehead atoms. The molecule has 1 aliphatic carbocycles. The molecular formula is C18H15ClO2. The molecule has 0 radical (unpaired) electrons. The number of carboxylic acid groups (broad SMARTS) is 1.